The molecule has 34 heavy (non-hydrogen) atoms. The average Bonchev–Trinajstić information content (AvgIpc) is 2.84. The van der Waals surface area contributed by atoms with Gasteiger partial charge in [0.15, 0.2) is 24.7 Å². The zero-order valence-electron chi connectivity index (χ0n) is 18.7. The Kier molecular flexibility index (Phi) is 8.88. The van der Waals surface area contributed by atoms with Crippen LogP contribution in [0.15, 0.2) is 71.8 Å². The van der Waals surface area contributed by atoms with Gasteiger partial charge in [-0.15, -0.1) is 0 Å². The minimum absolute atomic E-state index is 0.181. The second-order valence-corrected chi connectivity index (χ2v) is 7.48. The number of carbonyl (C=O) groups excluding carboxylic acids is 2. The third kappa shape index (κ3) is 7.25. The van der Waals surface area contributed by atoms with Gasteiger partial charge in [0.25, 0.3) is 11.8 Å². The molecule has 176 valence electrons. The molecular weight excluding hydrogens is 458 g/mol. The summed E-state index contributed by atoms with van der Waals surface area (Å²) >= 11 is 5.99. The van der Waals surface area contributed by atoms with Gasteiger partial charge < -0.3 is 19.5 Å². The summed E-state index contributed by atoms with van der Waals surface area (Å²) < 4.78 is 16.3. The molecule has 3 aromatic rings. The summed E-state index contributed by atoms with van der Waals surface area (Å²) in [6.45, 7) is 1.50. The first-order valence-corrected chi connectivity index (χ1v) is 10.7. The van der Waals surface area contributed by atoms with Crippen molar-refractivity contribution in [2.45, 2.75) is 6.92 Å². The van der Waals surface area contributed by atoms with Crippen LogP contribution in [0, 0.1) is 6.92 Å². The number of carbonyl (C=O) groups is 2. The van der Waals surface area contributed by atoms with Crippen LogP contribution in [0.1, 0.15) is 11.1 Å². The van der Waals surface area contributed by atoms with Crippen molar-refractivity contribution in [3.05, 3.63) is 82.9 Å². The molecule has 0 saturated heterocycles. The predicted molar refractivity (Wildman–Crippen MR) is 131 cm³/mol. The van der Waals surface area contributed by atoms with Gasteiger partial charge in [0, 0.05) is 5.69 Å². The zero-order valence-corrected chi connectivity index (χ0v) is 19.5. The summed E-state index contributed by atoms with van der Waals surface area (Å²) in [5, 5.41) is 7.14. The number of para-hydroxylation sites is 2. The molecule has 0 spiro atoms. The van der Waals surface area contributed by atoms with Gasteiger partial charge in [0.2, 0.25) is 0 Å². The molecule has 0 saturated carbocycles. The Morgan fingerprint density at radius 3 is 2.38 bits per heavy atom. The lowest BCUT2D eigenvalue weighted by Gasteiger charge is -2.12. The van der Waals surface area contributed by atoms with E-state index in [0.29, 0.717) is 27.8 Å². The lowest BCUT2D eigenvalue weighted by Crippen LogP contribution is -2.24. The Hall–Kier alpha value is -4.04. The highest BCUT2D eigenvalue weighted by molar-refractivity contribution is 6.32. The van der Waals surface area contributed by atoms with E-state index in [4.69, 9.17) is 25.8 Å². The number of nitrogens with zero attached hydrogens (tertiary/aromatic N) is 1. The Bertz CT molecular complexity index is 1180. The predicted octanol–water partition coefficient (Wildman–Crippen LogP) is 4.20. The van der Waals surface area contributed by atoms with Crippen LogP contribution in [0.2, 0.25) is 5.02 Å². The molecule has 0 fully saturated rings. The molecule has 0 heterocycles. The molecule has 0 unspecified atom stereocenters. The van der Waals surface area contributed by atoms with Crippen LogP contribution < -0.4 is 25.0 Å². The quantitative estimate of drug-likeness (QED) is 0.334. The molecule has 2 N–H and O–H groups in total. The van der Waals surface area contributed by atoms with Gasteiger partial charge in [0.1, 0.15) is 5.75 Å². The van der Waals surface area contributed by atoms with Crippen LogP contribution in [0.25, 0.3) is 0 Å². The second-order valence-electron chi connectivity index (χ2n) is 7.07. The molecule has 9 heteroatoms. The second kappa shape index (κ2) is 12.3. The monoisotopic (exact) mass is 481 g/mol. The van der Waals surface area contributed by atoms with Crippen molar-refractivity contribution in [2.75, 3.05) is 25.6 Å². The van der Waals surface area contributed by atoms with Crippen molar-refractivity contribution in [1.29, 1.82) is 0 Å². The van der Waals surface area contributed by atoms with Crippen molar-refractivity contribution in [2.24, 2.45) is 5.10 Å². The molecule has 3 aromatic carbocycles. The molecule has 0 aliphatic carbocycles. The van der Waals surface area contributed by atoms with Crippen LogP contribution in [0.3, 0.4) is 0 Å². The van der Waals surface area contributed by atoms with E-state index >= 15 is 0 Å². The number of benzene rings is 3. The highest BCUT2D eigenvalue weighted by Gasteiger charge is 2.10. The first kappa shape index (κ1) is 24.6. The highest BCUT2D eigenvalue weighted by atomic mass is 35.5. The van der Waals surface area contributed by atoms with E-state index in [1.165, 1.54) is 13.3 Å². The van der Waals surface area contributed by atoms with E-state index in [-0.39, 0.29) is 19.1 Å². The Morgan fingerprint density at radius 1 is 0.912 bits per heavy atom. The number of nitrogens with one attached hydrogen (secondary N) is 2. The topological polar surface area (TPSA) is 98.2 Å². The van der Waals surface area contributed by atoms with E-state index < -0.39 is 5.91 Å². The molecule has 8 nitrogen and oxygen atoms in total. The number of hydrogen-bond donors (Lipinski definition) is 2. The van der Waals surface area contributed by atoms with Gasteiger partial charge in [-0.3, -0.25) is 9.59 Å². The highest BCUT2D eigenvalue weighted by Crippen LogP contribution is 2.27. The normalized spacial score (nSPS) is 10.6. The van der Waals surface area contributed by atoms with E-state index in [0.717, 1.165) is 11.3 Å². The zero-order chi connectivity index (χ0) is 24.3. The SMILES string of the molecule is COc1cc(/C=N/NC(=O)COc2ccccc2Cl)ccc1OCC(=O)Nc1ccccc1C. The standard InChI is InChI=1S/C25H24ClN3O5/c1-17-7-3-5-9-20(17)28-24(30)15-34-22-12-11-18(13-23(22)32-2)14-27-29-25(31)16-33-21-10-6-4-8-19(21)26/h3-14H,15-16H2,1-2H3,(H,28,30)(H,29,31)/b27-14+. The molecule has 3 rings (SSSR count). The lowest BCUT2D eigenvalue weighted by molar-refractivity contribution is -0.123. The molecule has 0 atom stereocenters. The number of hydrazone groups is 1. The summed E-state index contributed by atoms with van der Waals surface area (Å²) in [5.74, 6) is 0.500. The summed E-state index contributed by atoms with van der Waals surface area (Å²) in [6.07, 6.45) is 1.45. The summed E-state index contributed by atoms with van der Waals surface area (Å²) in [5.41, 5.74) is 4.72. The largest absolute Gasteiger partial charge is 0.493 e. The van der Waals surface area contributed by atoms with Crippen LogP contribution in [-0.4, -0.2) is 38.4 Å². The average molecular weight is 482 g/mol. The molecular formula is C25H24ClN3O5. The van der Waals surface area contributed by atoms with Crippen LogP contribution >= 0.6 is 11.6 Å². The van der Waals surface area contributed by atoms with Gasteiger partial charge in [-0.1, -0.05) is 41.9 Å². The maximum absolute atomic E-state index is 12.2. The number of methoxy groups -OCH3 is 1. The number of anilines is 1. The number of ether oxygens (including phenoxy) is 3. The van der Waals surface area contributed by atoms with Gasteiger partial charge in [-0.2, -0.15) is 5.10 Å². The van der Waals surface area contributed by atoms with Crippen LogP contribution in [0.4, 0.5) is 5.69 Å². The molecule has 2 amide bonds. The number of amides is 2. The molecule has 0 aliphatic rings. The van der Waals surface area contributed by atoms with Crippen molar-refractivity contribution in [3.63, 3.8) is 0 Å². The van der Waals surface area contributed by atoms with Crippen molar-refractivity contribution in [3.8, 4) is 17.2 Å². The third-order valence-electron chi connectivity index (χ3n) is 4.56. The number of halogens is 1. The summed E-state index contributed by atoms with van der Waals surface area (Å²) in [7, 11) is 1.49. The maximum Gasteiger partial charge on any atom is 0.277 e. The molecule has 0 bridgehead atoms. The van der Waals surface area contributed by atoms with Gasteiger partial charge >= 0.3 is 0 Å². The van der Waals surface area contributed by atoms with Gasteiger partial charge in [0.05, 0.1) is 18.3 Å². The first-order valence-electron chi connectivity index (χ1n) is 10.3. The van der Waals surface area contributed by atoms with Crippen LogP contribution in [-0.2, 0) is 9.59 Å². The fourth-order valence-electron chi connectivity index (χ4n) is 2.84. The van der Waals surface area contributed by atoms with Gasteiger partial charge in [-0.25, -0.2) is 5.43 Å². The van der Waals surface area contributed by atoms with Crippen molar-refractivity contribution < 1.29 is 23.8 Å². The number of rotatable bonds is 10. The maximum atomic E-state index is 12.2. The molecule has 0 radical (unpaired) electrons. The number of hydrogen-bond acceptors (Lipinski definition) is 6. The fraction of sp³-hybridized carbons (Fsp3) is 0.160. The summed E-state index contributed by atoms with van der Waals surface area (Å²) in [6, 6.07) is 19.4. The van der Waals surface area contributed by atoms with E-state index in [1.807, 2.05) is 31.2 Å². The minimum atomic E-state index is -0.442. The Balaban J connectivity index is 1.50. The summed E-state index contributed by atoms with van der Waals surface area (Å²) in [4.78, 5) is 24.1. The molecule has 0 aromatic heterocycles. The van der Waals surface area contributed by atoms with Crippen molar-refractivity contribution in [1.82, 2.24) is 5.43 Å². The lowest BCUT2D eigenvalue weighted by atomic mass is 10.2. The Morgan fingerprint density at radius 2 is 1.62 bits per heavy atom. The van der Waals surface area contributed by atoms with E-state index in [1.54, 1.807) is 42.5 Å². The third-order valence-corrected chi connectivity index (χ3v) is 4.88. The first-order chi connectivity index (χ1) is 16.5. The molecule has 0 aliphatic heterocycles. The van der Waals surface area contributed by atoms with E-state index in [2.05, 4.69) is 15.8 Å². The van der Waals surface area contributed by atoms with Gasteiger partial charge in [-0.05, 0) is 54.4 Å². The Labute approximate surface area is 202 Å². The van der Waals surface area contributed by atoms with E-state index in [9.17, 15) is 9.59 Å². The fourth-order valence-corrected chi connectivity index (χ4v) is 3.03. The van der Waals surface area contributed by atoms with Crippen LogP contribution in [0.5, 0.6) is 17.2 Å². The minimum Gasteiger partial charge on any atom is -0.493 e. The van der Waals surface area contributed by atoms with Crippen molar-refractivity contribution >= 4 is 35.3 Å². The number of aryl methyl sites for hydroxylation is 1. The smallest absolute Gasteiger partial charge is 0.277 e.